The van der Waals surface area contributed by atoms with Crippen molar-refractivity contribution in [3.63, 3.8) is 0 Å². The van der Waals surface area contributed by atoms with Crippen LogP contribution in [0.5, 0.6) is 5.75 Å². The van der Waals surface area contributed by atoms with Crippen LogP contribution >= 0.6 is 23.2 Å². The maximum absolute atomic E-state index is 12.3. The zero-order chi connectivity index (χ0) is 18.7. The van der Waals surface area contributed by atoms with Crippen molar-refractivity contribution in [1.82, 2.24) is 0 Å². The second-order valence-electron chi connectivity index (χ2n) is 5.07. The molecule has 0 aliphatic carbocycles. The molecule has 1 amide bonds. The fraction of sp³-hybridized carbons (Fsp3) is 0. The van der Waals surface area contributed by atoms with Crippen LogP contribution < -0.4 is 9.50 Å². The molecule has 0 fully saturated rings. The summed E-state index contributed by atoms with van der Waals surface area (Å²) in [5.41, 5.74) is 0.450. The Kier molecular flexibility index (Phi) is 5.22. The van der Waals surface area contributed by atoms with Crippen LogP contribution in [0.2, 0.25) is 10.0 Å². The summed E-state index contributed by atoms with van der Waals surface area (Å²) in [6.07, 6.45) is 1.39. The molecule has 2 aromatic carbocycles. The molecular weight excluding hydrogens is 401 g/mol. The molecule has 1 aromatic heterocycles. The lowest BCUT2D eigenvalue weighted by Gasteiger charge is -2.09. The van der Waals surface area contributed by atoms with Crippen molar-refractivity contribution in [1.29, 1.82) is 0 Å². The van der Waals surface area contributed by atoms with E-state index in [4.69, 9.17) is 31.8 Å². The summed E-state index contributed by atoms with van der Waals surface area (Å²) in [5, 5.41) is 2.95. The molecule has 0 atom stereocenters. The molecule has 0 unspecified atom stereocenters. The third-order valence-corrected chi connectivity index (χ3v) is 5.23. The van der Waals surface area contributed by atoms with Gasteiger partial charge in [0.05, 0.1) is 16.3 Å². The molecule has 3 aromatic rings. The maximum atomic E-state index is 12.3. The molecule has 0 saturated heterocycles. The molecule has 3 rings (SSSR count). The SMILES string of the molecule is O=C(Nc1ccc(OS(=O)(=O)c2ccc(Cl)c(Cl)c2)cc1)c1ccco1. The van der Waals surface area contributed by atoms with Crippen LogP contribution in [0.3, 0.4) is 0 Å². The number of hydrogen-bond acceptors (Lipinski definition) is 5. The minimum absolute atomic E-state index is 0.0760. The number of amides is 1. The first kappa shape index (κ1) is 18.3. The molecule has 0 bridgehead atoms. The van der Waals surface area contributed by atoms with Gasteiger partial charge in [0.2, 0.25) is 0 Å². The van der Waals surface area contributed by atoms with Crippen LogP contribution in [-0.2, 0) is 10.1 Å². The lowest BCUT2D eigenvalue weighted by Crippen LogP contribution is -2.11. The van der Waals surface area contributed by atoms with Crippen molar-refractivity contribution < 1.29 is 21.8 Å². The molecule has 1 N–H and O–H groups in total. The van der Waals surface area contributed by atoms with E-state index in [1.807, 2.05) is 0 Å². The minimum Gasteiger partial charge on any atom is -0.459 e. The molecule has 9 heteroatoms. The average molecular weight is 412 g/mol. The Labute approximate surface area is 159 Å². The topological polar surface area (TPSA) is 85.6 Å². The van der Waals surface area contributed by atoms with Crippen LogP contribution in [0.1, 0.15) is 10.6 Å². The van der Waals surface area contributed by atoms with Gasteiger partial charge in [-0.3, -0.25) is 4.79 Å². The highest BCUT2D eigenvalue weighted by Crippen LogP contribution is 2.27. The normalized spacial score (nSPS) is 11.2. The Hall–Kier alpha value is -2.48. The van der Waals surface area contributed by atoms with Gasteiger partial charge < -0.3 is 13.9 Å². The molecule has 1 heterocycles. The van der Waals surface area contributed by atoms with E-state index >= 15 is 0 Å². The summed E-state index contributed by atoms with van der Waals surface area (Å²) in [6.45, 7) is 0. The smallest absolute Gasteiger partial charge is 0.339 e. The molecule has 0 radical (unpaired) electrons. The predicted octanol–water partition coefficient (Wildman–Crippen LogP) is 4.61. The molecule has 0 saturated carbocycles. The van der Waals surface area contributed by atoms with E-state index in [0.29, 0.717) is 5.69 Å². The van der Waals surface area contributed by atoms with Gasteiger partial charge in [0.1, 0.15) is 10.6 Å². The van der Waals surface area contributed by atoms with E-state index in [9.17, 15) is 13.2 Å². The van der Waals surface area contributed by atoms with Gasteiger partial charge >= 0.3 is 10.1 Å². The molecule has 26 heavy (non-hydrogen) atoms. The van der Waals surface area contributed by atoms with Gasteiger partial charge in [0.25, 0.3) is 5.91 Å². The molecule has 6 nitrogen and oxygen atoms in total. The van der Waals surface area contributed by atoms with Gasteiger partial charge in [-0.15, -0.1) is 0 Å². The summed E-state index contributed by atoms with van der Waals surface area (Å²) in [7, 11) is -4.07. The van der Waals surface area contributed by atoms with Crippen LogP contribution in [0.25, 0.3) is 0 Å². The number of anilines is 1. The Balaban J connectivity index is 1.72. The van der Waals surface area contributed by atoms with Gasteiger partial charge in [-0.2, -0.15) is 8.42 Å². The predicted molar refractivity (Wildman–Crippen MR) is 97.4 cm³/mol. The second-order valence-corrected chi connectivity index (χ2v) is 7.43. The van der Waals surface area contributed by atoms with E-state index in [1.165, 1.54) is 54.8 Å². The highest BCUT2D eigenvalue weighted by atomic mass is 35.5. The van der Waals surface area contributed by atoms with Crippen molar-refractivity contribution >= 4 is 44.9 Å². The van der Waals surface area contributed by atoms with Crippen molar-refractivity contribution in [2.45, 2.75) is 4.90 Å². The third-order valence-electron chi connectivity index (χ3n) is 3.24. The number of halogens is 2. The van der Waals surface area contributed by atoms with Gasteiger partial charge in [0.15, 0.2) is 5.76 Å². The highest BCUT2D eigenvalue weighted by Gasteiger charge is 2.18. The van der Waals surface area contributed by atoms with Crippen molar-refractivity contribution in [3.05, 3.63) is 76.7 Å². The zero-order valence-corrected chi connectivity index (χ0v) is 15.3. The first-order valence-corrected chi connectivity index (χ1v) is 9.36. The molecule has 0 aliphatic rings. The molecule has 0 aliphatic heterocycles. The Morgan fingerprint density at radius 1 is 1.00 bits per heavy atom. The number of benzene rings is 2. The average Bonchev–Trinajstić information content (AvgIpc) is 3.13. The summed E-state index contributed by atoms with van der Waals surface area (Å²) >= 11 is 11.6. The molecule has 134 valence electrons. The third kappa shape index (κ3) is 4.19. The fourth-order valence-electron chi connectivity index (χ4n) is 2.00. The summed E-state index contributed by atoms with van der Waals surface area (Å²) in [5.74, 6) is -0.188. The van der Waals surface area contributed by atoms with Crippen LogP contribution in [-0.4, -0.2) is 14.3 Å². The monoisotopic (exact) mass is 411 g/mol. The van der Waals surface area contributed by atoms with Crippen molar-refractivity contribution in [2.75, 3.05) is 5.32 Å². The number of furan rings is 1. The van der Waals surface area contributed by atoms with Gasteiger partial charge in [-0.1, -0.05) is 23.2 Å². The molecular formula is C17H11Cl2NO5S. The highest BCUT2D eigenvalue weighted by molar-refractivity contribution is 7.87. The Bertz CT molecular complexity index is 1030. The fourth-order valence-corrected chi connectivity index (χ4v) is 3.32. The zero-order valence-electron chi connectivity index (χ0n) is 13.0. The van der Waals surface area contributed by atoms with E-state index < -0.39 is 16.0 Å². The summed E-state index contributed by atoms with van der Waals surface area (Å²) in [4.78, 5) is 11.8. The quantitative estimate of drug-likeness (QED) is 0.619. The summed E-state index contributed by atoms with van der Waals surface area (Å²) in [6, 6.07) is 12.8. The number of carbonyl (C=O) groups is 1. The number of nitrogens with one attached hydrogen (secondary N) is 1. The maximum Gasteiger partial charge on any atom is 0.339 e. The Morgan fingerprint density at radius 3 is 2.35 bits per heavy atom. The van der Waals surface area contributed by atoms with Crippen LogP contribution in [0.4, 0.5) is 5.69 Å². The van der Waals surface area contributed by atoms with E-state index in [2.05, 4.69) is 5.32 Å². The first-order chi connectivity index (χ1) is 12.3. The van der Waals surface area contributed by atoms with Crippen molar-refractivity contribution in [3.8, 4) is 5.75 Å². The van der Waals surface area contributed by atoms with E-state index in [-0.39, 0.29) is 26.5 Å². The number of hydrogen-bond donors (Lipinski definition) is 1. The van der Waals surface area contributed by atoms with Gasteiger partial charge in [-0.05, 0) is 54.6 Å². The summed E-state index contributed by atoms with van der Waals surface area (Å²) < 4.78 is 34.6. The van der Waals surface area contributed by atoms with Gasteiger partial charge in [-0.25, -0.2) is 0 Å². The molecule has 0 spiro atoms. The van der Waals surface area contributed by atoms with Crippen molar-refractivity contribution in [2.24, 2.45) is 0 Å². The van der Waals surface area contributed by atoms with Crippen LogP contribution in [0, 0.1) is 0 Å². The number of carbonyl (C=O) groups excluding carboxylic acids is 1. The van der Waals surface area contributed by atoms with E-state index in [0.717, 1.165) is 0 Å². The Morgan fingerprint density at radius 2 is 1.73 bits per heavy atom. The number of rotatable bonds is 5. The minimum atomic E-state index is -4.07. The lowest BCUT2D eigenvalue weighted by molar-refractivity contribution is 0.0996. The standard InChI is InChI=1S/C17H11Cl2NO5S/c18-14-8-7-13(10-15(14)19)26(22,23)25-12-5-3-11(4-6-12)20-17(21)16-2-1-9-24-16/h1-10H,(H,20,21). The second kappa shape index (κ2) is 7.41. The largest absolute Gasteiger partial charge is 0.459 e. The lowest BCUT2D eigenvalue weighted by atomic mass is 10.3. The van der Waals surface area contributed by atoms with Crippen LogP contribution in [0.15, 0.2) is 70.2 Å². The van der Waals surface area contributed by atoms with Gasteiger partial charge in [0, 0.05) is 5.69 Å². The van der Waals surface area contributed by atoms with E-state index in [1.54, 1.807) is 6.07 Å². The first-order valence-electron chi connectivity index (χ1n) is 7.19.